The second-order valence-electron chi connectivity index (χ2n) is 8.79. The predicted octanol–water partition coefficient (Wildman–Crippen LogP) is 3.25. The molecule has 0 aliphatic carbocycles. The number of hydrogen-bond donors (Lipinski definition) is 1. The number of nitrogens with zero attached hydrogens (tertiary/aromatic N) is 1. The quantitative estimate of drug-likeness (QED) is 0.413. The number of carbonyl (C=O) groups is 3. The van der Waals surface area contributed by atoms with E-state index in [4.69, 9.17) is 18.9 Å². The Bertz CT molecular complexity index is 1060. The number of aliphatic hydroxyl groups is 1. The van der Waals surface area contributed by atoms with Gasteiger partial charge in [-0.1, -0.05) is 30.3 Å². The Morgan fingerprint density at radius 2 is 1.76 bits per heavy atom. The summed E-state index contributed by atoms with van der Waals surface area (Å²) < 4.78 is 21.1. The van der Waals surface area contributed by atoms with E-state index < -0.39 is 41.5 Å². The number of rotatable bonds is 12. The van der Waals surface area contributed by atoms with Gasteiger partial charge in [0.15, 0.2) is 0 Å². The molecule has 2 amide bonds. The van der Waals surface area contributed by atoms with Crippen LogP contribution in [0.2, 0.25) is 0 Å². The third-order valence-corrected chi connectivity index (χ3v) is 7.05. The Morgan fingerprint density at radius 3 is 2.35 bits per heavy atom. The maximum absolute atomic E-state index is 13.3. The van der Waals surface area contributed by atoms with Gasteiger partial charge in [-0.25, -0.2) is 9.69 Å². The number of amides is 2. The van der Waals surface area contributed by atoms with Gasteiger partial charge >= 0.3 is 12.1 Å². The summed E-state index contributed by atoms with van der Waals surface area (Å²) in [5.74, 6) is 0.0921. The molecular formula is C27H33NO8S. The minimum atomic E-state index is -1.15. The molecule has 2 aromatic carbocycles. The van der Waals surface area contributed by atoms with Gasteiger partial charge in [-0.2, -0.15) is 0 Å². The number of carbonyl (C=O) groups excluding carboxylic acids is 3. The summed E-state index contributed by atoms with van der Waals surface area (Å²) in [7, 11) is 3.05. The van der Waals surface area contributed by atoms with Crippen LogP contribution in [-0.2, 0) is 31.9 Å². The number of ether oxygens (including phenoxy) is 4. The minimum Gasteiger partial charge on any atom is -0.497 e. The summed E-state index contributed by atoms with van der Waals surface area (Å²) >= 11 is 1.14. The number of cyclic esters (lactones) is 1. The second kappa shape index (κ2) is 13.3. The van der Waals surface area contributed by atoms with Gasteiger partial charge in [0, 0.05) is 12.5 Å². The first kappa shape index (κ1) is 28.3. The smallest absolute Gasteiger partial charge is 0.417 e. The van der Waals surface area contributed by atoms with E-state index in [0.29, 0.717) is 23.5 Å². The van der Waals surface area contributed by atoms with Gasteiger partial charge in [0.25, 0.3) is 0 Å². The lowest BCUT2D eigenvalue weighted by molar-refractivity contribution is -0.148. The summed E-state index contributed by atoms with van der Waals surface area (Å²) in [5, 5.41) is 9.94. The Labute approximate surface area is 221 Å². The van der Waals surface area contributed by atoms with Gasteiger partial charge in [0.05, 0.1) is 32.8 Å². The highest BCUT2D eigenvalue weighted by atomic mass is 32.2. The molecule has 1 N–H and O–H groups in total. The van der Waals surface area contributed by atoms with Crippen LogP contribution in [0.25, 0.3) is 0 Å². The third-order valence-electron chi connectivity index (χ3n) is 6.03. The molecule has 37 heavy (non-hydrogen) atoms. The van der Waals surface area contributed by atoms with E-state index in [1.807, 2.05) is 30.3 Å². The molecule has 0 bridgehead atoms. The Kier molecular flexibility index (Phi) is 10.2. The zero-order valence-corrected chi connectivity index (χ0v) is 22.2. The normalized spacial score (nSPS) is 17.5. The van der Waals surface area contributed by atoms with E-state index in [9.17, 15) is 19.5 Å². The average Bonchev–Trinajstić information content (AvgIpc) is 3.23. The number of esters is 1. The third kappa shape index (κ3) is 7.62. The maximum atomic E-state index is 13.3. The molecule has 9 nitrogen and oxygen atoms in total. The topological polar surface area (TPSA) is 112 Å². The molecule has 1 aliphatic rings. The molecule has 10 heteroatoms. The monoisotopic (exact) mass is 531 g/mol. The van der Waals surface area contributed by atoms with E-state index in [2.05, 4.69) is 0 Å². The molecule has 1 saturated heterocycles. The van der Waals surface area contributed by atoms with Gasteiger partial charge in [-0.15, -0.1) is 11.8 Å². The van der Waals surface area contributed by atoms with Crippen molar-refractivity contribution in [3.05, 3.63) is 59.7 Å². The van der Waals surface area contributed by atoms with Crippen molar-refractivity contribution in [3.63, 3.8) is 0 Å². The van der Waals surface area contributed by atoms with Crippen molar-refractivity contribution in [1.82, 2.24) is 4.90 Å². The van der Waals surface area contributed by atoms with Crippen LogP contribution < -0.4 is 9.47 Å². The van der Waals surface area contributed by atoms with Crippen molar-refractivity contribution < 1.29 is 38.4 Å². The van der Waals surface area contributed by atoms with Crippen LogP contribution in [0.15, 0.2) is 48.5 Å². The standard InChI is InChI=1S/C27H33NO8S/c1-17(36-24(30)14-19-12-21(33-2)15-22(13-19)34-3)10-23(29)25(37-4)26(31)28-20(16-35-27(28)32)11-18-8-6-5-7-9-18/h5-9,12-13,15,17,20,23,25,29H,10-11,14,16H2,1-4H3/t17-,20+,23+,25-/m1/s1. The minimum absolute atomic E-state index is 0.0142. The zero-order valence-electron chi connectivity index (χ0n) is 21.4. The Balaban J connectivity index is 1.59. The first-order chi connectivity index (χ1) is 17.7. The van der Waals surface area contributed by atoms with Gasteiger partial charge in [-0.3, -0.25) is 9.59 Å². The molecule has 1 fully saturated rings. The lowest BCUT2D eigenvalue weighted by atomic mass is 10.0. The number of methoxy groups -OCH3 is 2. The summed E-state index contributed by atoms with van der Waals surface area (Å²) in [6.45, 7) is 1.75. The molecule has 2 aromatic rings. The largest absolute Gasteiger partial charge is 0.497 e. The first-order valence-corrected chi connectivity index (χ1v) is 13.2. The van der Waals surface area contributed by atoms with Crippen LogP contribution in [0.3, 0.4) is 0 Å². The van der Waals surface area contributed by atoms with Crippen LogP contribution in [0.1, 0.15) is 24.5 Å². The Morgan fingerprint density at radius 1 is 1.11 bits per heavy atom. The van der Waals surface area contributed by atoms with Crippen molar-refractivity contribution in [2.24, 2.45) is 0 Å². The van der Waals surface area contributed by atoms with Crippen LogP contribution in [-0.4, -0.2) is 78.6 Å². The fourth-order valence-corrected chi connectivity index (χ4v) is 4.98. The number of aliphatic hydroxyl groups excluding tert-OH is 1. The number of hydrogen-bond acceptors (Lipinski definition) is 9. The van der Waals surface area contributed by atoms with Crippen molar-refractivity contribution >= 4 is 29.7 Å². The van der Waals surface area contributed by atoms with E-state index >= 15 is 0 Å². The lowest BCUT2D eigenvalue weighted by Gasteiger charge is -2.28. The highest BCUT2D eigenvalue weighted by Gasteiger charge is 2.42. The molecule has 0 unspecified atom stereocenters. The van der Waals surface area contributed by atoms with Crippen LogP contribution in [0.4, 0.5) is 4.79 Å². The number of benzene rings is 2. The predicted molar refractivity (Wildman–Crippen MR) is 139 cm³/mol. The van der Waals surface area contributed by atoms with Crippen LogP contribution >= 0.6 is 11.8 Å². The van der Waals surface area contributed by atoms with E-state index in [1.54, 1.807) is 31.4 Å². The molecule has 1 aliphatic heterocycles. The molecule has 200 valence electrons. The summed E-state index contributed by atoms with van der Waals surface area (Å²) in [5.41, 5.74) is 1.63. The summed E-state index contributed by atoms with van der Waals surface area (Å²) in [6, 6.07) is 14.2. The van der Waals surface area contributed by atoms with Crippen molar-refractivity contribution in [2.75, 3.05) is 27.1 Å². The highest BCUT2D eigenvalue weighted by molar-refractivity contribution is 8.00. The molecule has 0 saturated carbocycles. The van der Waals surface area contributed by atoms with E-state index in [1.165, 1.54) is 14.2 Å². The lowest BCUT2D eigenvalue weighted by Crippen LogP contribution is -2.48. The SMILES string of the molecule is COc1cc(CC(=O)O[C@H](C)C[C@H](O)[C@@H](SC)C(=O)N2C(=O)OC[C@@H]2Cc2ccccc2)cc(OC)c1. The van der Waals surface area contributed by atoms with E-state index in [0.717, 1.165) is 22.2 Å². The molecule has 1 heterocycles. The molecule has 0 spiro atoms. The van der Waals surface area contributed by atoms with Gasteiger partial charge < -0.3 is 24.1 Å². The summed E-state index contributed by atoms with van der Waals surface area (Å²) in [4.78, 5) is 39.3. The zero-order chi connectivity index (χ0) is 26.9. The van der Waals surface area contributed by atoms with Crippen LogP contribution in [0, 0.1) is 0 Å². The summed E-state index contributed by atoms with van der Waals surface area (Å²) in [6.07, 6.45) is -0.372. The fraction of sp³-hybridized carbons (Fsp3) is 0.444. The molecule has 0 aromatic heterocycles. The van der Waals surface area contributed by atoms with Gasteiger partial charge in [-0.05, 0) is 42.9 Å². The number of imide groups is 1. The first-order valence-electron chi connectivity index (χ1n) is 11.9. The van der Waals surface area contributed by atoms with Gasteiger partial charge in [0.2, 0.25) is 5.91 Å². The van der Waals surface area contributed by atoms with Crippen molar-refractivity contribution in [1.29, 1.82) is 0 Å². The molecular weight excluding hydrogens is 498 g/mol. The Hall–Kier alpha value is -3.24. The molecule has 0 radical (unpaired) electrons. The maximum Gasteiger partial charge on any atom is 0.417 e. The average molecular weight is 532 g/mol. The van der Waals surface area contributed by atoms with Crippen LogP contribution in [0.5, 0.6) is 11.5 Å². The number of thioether (sulfide) groups is 1. The second-order valence-corrected chi connectivity index (χ2v) is 9.77. The van der Waals surface area contributed by atoms with Crippen molar-refractivity contribution in [3.8, 4) is 11.5 Å². The van der Waals surface area contributed by atoms with E-state index in [-0.39, 0.29) is 19.4 Å². The van der Waals surface area contributed by atoms with Crippen molar-refractivity contribution in [2.45, 2.75) is 49.7 Å². The fourth-order valence-electron chi connectivity index (χ4n) is 4.24. The molecule has 4 atom stereocenters. The highest BCUT2D eigenvalue weighted by Crippen LogP contribution is 2.26. The molecule has 3 rings (SSSR count). The van der Waals surface area contributed by atoms with Gasteiger partial charge in [0.1, 0.15) is 29.5 Å².